The Bertz CT molecular complexity index is 736. The molecule has 0 saturated carbocycles. The first-order valence-electron chi connectivity index (χ1n) is 10.9. The number of hydrogen-bond donors (Lipinski definition) is 0. The van der Waals surface area contributed by atoms with Gasteiger partial charge in [0.05, 0.1) is 5.56 Å². The third-order valence-electron chi connectivity index (χ3n) is 5.51. The largest absolute Gasteiger partial charge is 0.467 e. The zero-order chi connectivity index (χ0) is 22.0. The molecule has 0 fully saturated rings. The molecule has 0 heterocycles. The molecule has 0 N–H and O–H groups in total. The van der Waals surface area contributed by atoms with Crippen molar-refractivity contribution in [2.24, 2.45) is 0 Å². The molecular formula is C26H38O4. The van der Waals surface area contributed by atoms with Gasteiger partial charge in [0.25, 0.3) is 0 Å². The fourth-order valence-corrected chi connectivity index (χ4v) is 3.60. The van der Waals surface area contributed by atoms with Gasteiger partial charge in [0.2, 0.25) is 0 Å². The molecule has 0 amide bonds. The lowest BCUT2D eigenvalue weighted by Crippen LogP contribution is -2.18. The van der Waals surface area contributed by atoms with Crippen LogP contribution in [0.1, 0.15) is 64.0 Å². The summed E-state index contributed by atoms with van der Waals surface area (Å²) in [5.74, 6) is 1.54. The standard InChI is InChI=1S/C26H38O4/c1-7-8-9-10-15-26(3,4)22-16-23(29-18-27-5)25(24(17-22)30-19-28-6)21-13-11-20(2)12-14-21/h11-14,16-17H,7-10,15,18-19H2,1-6H3. The van der Waals surface area contributed by atoms with E-state index in [4.69, 9.17) is 18.9 Å². The van der Waals surface area contributed by atoms with Gasteiger partial charge in [-0.05, 0) is 42.0 Å². The first-order valence-corrected chi connectivity index (χ1v) is 10.9. The Labute approximate surface area is 182 Å². The number of ether oxygens (including phenoxy) is 4. The van der Waals surface area contributed by atoms with Gasteiger partial charge in [0, 0.05) is 14.2 Å². The predicted molar refractivity (Wildman–Crippen MR) is 123 cm³/mol. The van der Waals surface area contributed by atoms with Crippen LogP contribution in [0, 0.1) is 6.92 Å². The van der Waals surface area contributed by atoms with Gasteiger partial charge in [0.1, 0.15) is 11.5 Å². The average molecular weight is 415 g/mol. The van der Waals surface area contributed by atoms with Crippen molar-refractivity contribution in [3.63, 3.8) is 0 Å². The fraction of sp³-hybridized carbons (Fsp3) is 0.538. The van der Waals surface area contributed by atoms with E-state index in [0.29, 0.717) is 0 Å². The van der Waals surface area contributed by atoms with E-state index < -0.39 is 0 Å². The molecule has 0 unspecified atom stereocenters. The zero-order valence-corrected chi connectivity index (χ0v) is 19.5. The Hall–Kier alpha value is -2.04. The fourth-order valence-electron chi connectivity index (χ4n) is 3.60. The summed E-state index contributed by atoms with van der Waals surface area (Å²) < 4.78 is 22.5. The van der Waals surface area contributed by atoms with E-state index in [1.54, 1.807) is 14.2 Å². The molecule has 2 aromatic carbocycles. The zero-order valence-electron chi connectivity index (χ0n) is 19.5. The summed E-state index contributed by atoms with van der Waals surface area (Å²) in [7, 11) is 3.27. The molecule has 0 atom stereocenters. The summed E-state index contributed by atoms with van der Waals surface area (Å²) in [5, 5.41) is 0. The monoisotopic (exact) mass is 414 g/mol. The Morgan fingerprint density at radius 3 is 1.87 bits per heavy atom. The molecule has 0 aromatic heterocycles. The van der Waals surface area contributed by atoms with E-state index in [2.05, 4.69) is 64.1 Å². The number of benzene rings is 2. The quantitative estimate of drug-likeness (QED) is 0.264. The topological polar surface area (TPSA) is 36.9 Å². The lowest BCUT2D eigenvalue weighted by Gasteiger charge is -2.28. The second-order valence-electron chi connectivity index (χ2n) is 8.51. The third-order valence-corrected chi connectivity index (χ3v) is 5.51. The Kier molecular flexibility index (Phi) is 9.67. The van der Waals surface area contributed by atoms with Crippen LogP contribution in [0.4, 0.5) is 0 Å². The third kappa shape index (κ3) is 6.75. The van der Waals surface area contributed by atoms with Gasteiger partial charge in [-0.2, -0.15) is 0 Å². The summed E-state index contributed by atoms with van der Waals surface area (Å²) in [4.78, 5) is 0. The van der Waals surface area contributed by atoms with Gasteiger partial charge in [0.15, 0.2) is 13.6 Å². The highest BCUT2D eigenvalue weighted by molar-refractivity contribution is 5.78. The van der Waals surface area contributed by atoms with Crippen molar-refractivity contribution >= 4 is 0 Å². The van der Waals surface area contributed by atoms with Crippen LogP contribution in [-0.4, -0.2) is 27.8 Å². The highest BCUT2D eigenvalue weighted by atomic mass is 16.7. The van der Waals surface area contributed by atoms with E-state index in [-0.39, 0.29) is 19.0 Å². The maximum Gasteiger partial charge on any atom is 0.188 e. The molecule has 0 saturated heterocycles. The summed E-state index contributed by atoms with van der Waals surface area (Å²) in [6.45, 7) is 9.28. The van der Waals surface area contributed by atoms with Crippen LogP contribution in [0.5, 0.6) is 11.5 Å². The highest BCUT2D eigenvalue weighted by Crippen LogP contribution is 2.43. The summed E-state index contributed by atoms with van der Waals surface area (Å²) in [5.41, 5.74) is 4.39. The first-order chi connectivity index (χ1) is 14.4. The summed E-state index contributed by atoms with van der Waals surface area (Å²) in [6.07, 6.45) is 6.12. The van der Waals surface area contributed by atoms with Gasteiger partial charge in [-0.25, -0.2) is 0 Å². The minimum atomic E-state index is 0.00983. The van der Waals surface area contributed by atoms with Gasteiger partial charge in [-0.3, -0.25) is 0 Å². The van der Waals surface area contributed by atoms with E-state index in [1.807, 2.05) is 0 Å². The van der Waals surface area contributed by atoms with Crippen LogP contribution in [0.15, 0.2) is 36.4 Å². The van der Waals surface area contributed by atoms with Crippen molar-refractivity contribution in [2.75, 3.05) is 27.8 Å². The number of unbranched alkanes of at least 4 members (excludes halogenated alkanes) is 3. The Balaban J connectivity index is 2.50. The molecular weight excluding hydrogens is 376 g/mol. The minimum absolute atomic E-state index is 0.00983. The second kappa shape index (κ2) is 12.0. The van der Waals surface area contributed by atoms with E-state index in [1.165, 1.54) is 36.8 Å². The summed E-state index contributed by atoms with van der Waals surface area (Å²) in [6, 6.07) is 12.7. The number of rotatable bonds is 13. The normalized spacial score (nSPS) is 11.5. The molecule has 166 valence electrons. The molecule has 0 aliphatic rings. The number of aryl methyl sites for hydroxylation is 1. The van der Waals surface area contributed by atoms with Gasteiger partial charge in [-0.1, -0.05) is 76.3 Å². The molecule has 0 radical (unpaired) electrons. The molecule has 0 spiro atoms. The maximum atomic E-state index is 6.03. The van der Waals surface area contributed by atoms with Crippen molar-refractivity contribution in [1.82, 2.24) is 0 Å². The van der Waals surface area contributed by atoms with E-state index >= 15 is 0 Å². The molecule has 0 aliphatic heterocycles. The molecule has 30 heavy (non-hydrogen) atoms. The van der Waals surface area contributed by atoms with E-state index in [9.17, 15) is 0 Å². The Morgan fingerprint density at radius 2 is 1.37 bits per heavy atom. The van der Waals surface area contributed by atoms with Crippen LogP contribution >= 0.6 is 0 Å². The van der Waals surface area contributed by atoms with Crippen molar-refractivity contribution in [2.45, 2.75) is 65.2 Å². The number of hydrogen-bond acceptors (Lipinski definition) is 4. The molecule has 4 nitrogen and oxygen atoms in total. The van der Waals surface area contributed by atoms with Gasteiger partial charge in [-0.15, -0.1) is 0 Å². The molecule has 2 rings (SSSR count). The van der Waals surface area contributed by atoms with Crippen molar-refractivity contribution < 1.29 is 18.9 Å². The first kappa shape index (κ1) is 24.2. The molecule has 0 bridgehead atoms. The van der Waals surface area contributed by atoms with Gasteiger partial charge < -0.3 is 18.9 Å². The van der Waals surface area contributed by atoms with Crippen LogP contribution in [0.2, 0.25) is 0 Å². The average Bonchev–Trinajstić information content (AvgIpc) is 2.74. The lowest BCUT2D eigenvalue weighted by molar-refractivity contribution is 0.0466. The van der Waals surface area contributed by atoms with Crippen LogP contribution in [0.25, 0.3) is 11.1 Å². The van der Waals surface area contributed by atoms with Crippen molar-refractivity contribution in [3.8, 4) is 22.6 Å². The highest BCUT2D eigenvalue weighted by Gasteiger charge is 2.25. The molecule has 2 aromatic rings. The van der Waals surface area contributed by atoms with E-state index in [0.717, 1.165) is 29.0 Å². The maximum absolute atomic E-state index is 6.03. The van der Waals surface area contributed by atoms with Crippen LogP contribution in [-0.2, 0) is 14.9 Å². The smallest absolute Gasteiger partial charge is 0.188 e. The molecule has 0 aliphatic carbocycles. The summed E-state index contributed by atoms with van der Waals surface area (Å²) >= 11 is 0. The predicted octanol–water partition coefficient (Wildman–Crippen LogP) is 6.88. The second-order valence-corrected chi connectivity index (χ2v) is 8.51. The number of methoxy groups -OCH3 is 2. The van der Waals surface area contributed by atoms with Crippen molar-refractivity contribution in [1.29, 1.82) is 0 Å². The SMILES string of the molecule is CCCCCCC(C)(C)c1cc(OCOC)c(-c2ccc(C)cc2)c(OCOC)c1. The van der Waals surface area contributed by atoms with Crippen molar-refractivity contribution in [3.05, 3.63) is 47.5 Å². The van der Waals surface area contributed by atoms with Gasteiger partial charge >= 0.3 is 0 Å². The molecule has 4 heteroatoms. The Morgan fingerprint density at radius 1 is 0.800 bits per heavy atom. The minimum Gasteiger partial charge on any atom is -0.467 e. The van der Waals surface area contributed by atoms with Crippen LogP contribution < -0.4 is 9.47 Å². The lowest BCUT2D eigenvalue weighted by atomic mass is 9.79. The van der Waals surface area contributed by atoms with Crippen LogP contribution in [0.3, 0.4) is 0 Å².